The normalized spacial score (nSPS) is 16.0. The zero-order chi connectivity index (χ0) is 21.3. The molecule has 2 heterocycles. The molecule has 2 amide bonds. The Morgan fingerprint density at radius 3 is 2.63 bits per heavy atom. The molecule has 0 spiro atoms. The van der Waals surface area contributed by atoms with Gasteiger partial charge in [-0.25, -0.2) is 4.98 Å². The van der Waals surface area contributed by atoms with Crippen LogP contribution in [0.25, 0.3) is 10.2 Å². The van der Waals surface area contributed by atoms with Crippen LogP contribution in [0.2, 0.25) is 0 Å². The van der Waals surface area contributed by atoms with Gasteiger partial charge in [0.15, 0.2) is 16.6 Å². The molecule has 9 heteroatoms. The van der Waals surface area contributed by atoms with Crippen LogP contribution in [0.3, 0.4) is 0 Å². The number of rotatable bonds is 6. The summed E-state index contributed by atoms with van der Waals surface area (Å²) < 4.78 is 16.7. The predicted molar refractivity (Wildman–Crippen MR) is 115 cm³/mol. The summed E-state index contributed by atoms with van der Waals surface area (Å²) in [5.41, 5.74) is 1.42. The van der Waals surface area contributed by atoms with Gasteiger partial charge in [0, 0.05) is 36.9 Å². The molecular weight excluding hydrogens is 406 g/mol. The van der Waals surface area contributed by atoms with Crippen LogP contribution in [0.1, 0.15) is 6.42 Å². The van der Waals surface area contributed by atoms with E-state index in [4.69, 9.17) is 14.2 Å². The molecule has 0 bridgehead atoms. The van der Waals surface area contributed by atoms with Crippen LogP contribution in [0.5, 0.6) is 17.2 Å². The summed E-state index contributed by atoms with van der Waals surface area (Å²) in [6.45, 7) is 0.310. The van der Waals surface area contributed by atoms with Crippen LogP contribution in [0.4, 0.5) is 10.8 Å². The quantitative estimate of drug-likeness (QED) is 0.649. The number of fused-ring (bicyclic) bond motifs is 1. The Balaban J connectivity index is 1.49. The molecule has 30 heavy (non-hydrogen) atoms. The molecule has 1 saturated heterocycles. The Morgan fingerprint density at radius 2 is 1.90 bits per heavy atom. The Bertz CT molecular complexity index is 1070. The fraction of sp³-hybridized carbons (Fsp3) is 0.286. The van der Waals surface area contributed by atoms with Crippen molar-refractivity contribution in [2.45, 2.75) is 6.42 Å². The lowest BCUT2D eigenvalue weighted by molar-refractivity contribution is -0.122. The lowest BCUT2D eigenvalue weighted by Gasteiger charge is -2.17. The lowest BCUT2D eigenvalue weighted by atomic mass is 10.1. The lowest BCUT2D eigenvalue weighted by Crippen LogP contribution is -2.28. The van der Waals surface area contributed by atoms with Gasteiger partial charge in [-0.15, -0.1) is 0 Å². The van der Waals surface area contributed by atoms with Gasteiger partial charge >= 0.3 is 0 Å². The molecule has 1 N–H and O–H groups in total. The van der Waals surface area contributed by atoms with Gasteiger partial charge in [-0.1, -0.05) is 17.4 Å². The van der Waals surface area contributed by atoms with Gasteiger partial charge in [0.05, 0.1) is 37.5 Å². The molecule has 2 aromatic carbocycles. The van der Waals surface area contributed by atoms with Crippen LogP contribution < -0.4 is 24.4 Å². The number of carbonyl (C=O) groups excluding carboxylic acids is 2. The van der Waals surface area contributed by atoms with E-state index < -0.39 is 5.92 Å². The van der Waals surface area contributed by atoms with Gasteiger partial charge in [-0.05, 0) is 12.1 Å². The van der Waals surface area contributed by atoms with E-state index >= 15 is 0 Å². The van der Waals surface area contributed by atoms with E-state index in [9.17, 15) is 9.59 Å². The number of ether oxygens (including phenoxy) is 3. The van der Waals surface area contributed by atoms with Gasteiger partial charge in [-0.3, -0.25) is 9.59 Å². The molecule has 4 rings (SSSR count). The van der Waals surface area contributed by atoms with Crippen molar-refractivity contribution < 1.29 is 23.8 Å². The van der Waals surface area contributed by atoms with E-state index in [2.05, 4.69) is 10.3 Å². The fourth-order valence-electron chi connectivity index (χ4n) is 3.43. The number of aromatic nitrogens is 1. The van der Waals surface area contributed by atoms with Crippen LogP contribution in [-0.4, -0.2) is 44.7 Å². The number of nitrogens with zero attached hydrogens (tertiary/aromatic N) is 2. The molecular formula is C21H21N3O5S. The maximum atomic E-state index is 12.8. The molecule has 1 aliphatic heterocycles. The first-order chi connectivity index (χ1) is 14.5. The minimum atomic E-state index is -0.459. The number of amides is 2. The van der Waals surface area contributed by atoms with Crippen molar-refractivity contribution in [2.24, 2.45) is 5.92 Å². The molecule has 1 unspecified atom stereocenters. The monoisotopic (exact) mass is 427 g/mol. The Morgan fingerprint density at radius 1 is 1.13 bits per heavy atom. The molecule has 0 saturated carbocycles. The summed E-state index contributed by atoms with van der Waals surface area (Å²) in [4.78, 5) is 31.3. The second-order valence-corrected chi connectivity index (χ2v) is 7.82. The van der Waals surface area contributed by atoms with Gasteiger partial charge in [0.1, 0.15) is 5.75 Å². The minimum Gasteiger partial charge on any atom is -0.497 e. The van der Waals surface area contributed by atoms with Gasteiger partial charge in [0.2, 0.25) is 11.8 Å². The third-order valence-corrected chi connectivity index (χ3v) is 5.92. The van der Waals surface area contributed by atoms with Gasteiger partial charge in [-0.2, -0.15) is 0 Å². The second-order valence-electron chi connectivity index (χ2n) is 6.79. The molecule has 1 atom stereocenters. The number of hydrogen-bond acceptors (Lipinski definition) is 7. The average Bonchev–Trinajstić information content (AvgIpc) is 3.34. The summed E-state index contributed by atoms with van der Waals surface area (Å²) in [7, 11) is 4.70. The third kappa shape index (κ3) is 3.76. The molecule has 3 aromatic rings. The molecule has 1 aromatic heterocycles. The summed E-state index contributed by atoms with van der Waals surface area (Å²) in [6, 6.07) is 10.8. The Hall–Kier alpha value is -3.33. The molecule has 1 fully saturated rings. The van der Waals surface area contributed by atoms with Crippen molar-refractivity contribution in [1.82, 2.24) is 4.98 Å². The summed E-state index contributed by atoms with van der Waals surface area (Å²) in [5, 5.41) is 3.32. The first-order valence-corrected chi connectivity index (χ1v) is 10.1. The van der Waals surface area contributed by atoms with Gasteiger partial charge in [0.25, 0.3) is 0 Å². The number of anilines is 2. The summed E-state index contributed by atoms with van der Waals surface area (Å²) >= 11 is 1.34. The highest BCUT2D eigenvalue weighted by atomic mass is 32.1. The van der Waals surface area contributed by atoms with Crippen molar-refractivity contribution in [3.05, 3.63) is 36.4 Å². The van der Waals surface area contributed by atoms with E-state index in [1.54, 1.807) is 38.4 Å². The highest BCUT2D eigenvalue weighted by molar-refractivity contribution is 7.22. The second kappa shape index (κ2) is 8.19. The van der Waals surface area contributed by atoms with Crippen molar-refractivity contribution in [2.75, 3.05) is 38.1 Å². The number of hydrogen-bond donors (Lipinski definition) is 1. The SMILES string of the molecule is COc1cccc(N2CC(C(=O)Nc3nc4cc(OC)c(OC)cc4s3)CC2=O)c1. The van der Waals surface area contributed by atoms with Crippen molar-refractivity contribution in [1.29, 1.82) is 0 Å². The van der Waals surface area contributed by atoms with E-state index in [0.29, 0.717) is 40.1 Å². The average molecular weight is 427 g/mol. The van der Waals surface area contributed by atoms with Gasteiger partial charge < -0.3 is 24.4 Å². The summed E-state index contributed by atoms with van der Waals surface area (Å²) in [5.74, 6) is 1.05. The highest BCUT2D eigenvalue weighted by Gasteiger charge is 2.35. The fourth-order valence-corrected chi connectivity index (χ4v) is 4.31. The first kappa shape index (κ1) is 20.0. The molecule has 8 nitrogen and oxygen atoms in total. The molecule has 1 aliphatic rings. The number of benzene rings is 2. The maximum Gasteiger partial charge on any atom is 0.231 e. The van der Waals surface area contributed by atoms with E-state index in [1.165, 1.54) is 11.3 Å². The van der Waals surface area contributed by atoms with Crippen LogP contribution in [0.15, 0.2) is 36.4 Å². The molecule has 0 radical (unpaired) electrons. The van der Waals surface area contributed by atoms with Crippen LogP contribution >= 0.6 is 11.3 Å². The Labute approximate surface area is 177 Å². The number of methoxy groups -OCH3 is 3. The van der Waals surface area contributed by atoms with E-state index in [0.717, 1.165) is 4.70 Å². The minimum absolute atomic E-state index is 0.0952. The zero-order valence-electron chi connectivity index (χ0n) is 16.8. The Kier molecular flexibility index (Phi) is 5.45. The molecule has 156 valence electrons. The predicted octanol–water partition coefficient (Wildman–Crippen LogP) is 3.31. The topological polar surface area (TPSA) is 90.0 Å². The van der Waals surface area contributed by atoms with E-state index in [1.807, 2.05) is 24.3 Å². The highest BCUT2D eigenvalue weighted by Crippen LogP contribution is 2.36. The third-order valence-electron chi connectivity index (χ3n) is 4.98. The number of carbonyl (C=O) groups is 2. The number of nitrogens with one attached hydrogen (secondary N) is 1. The summed E-state index contributed by atoms with van der Waals surface area (Å²) in [6.07, 6.45) is 0.148. The van der Waals surface area contributed by atoms with Crippen molar-refractivity contribution in [3.63, 3.8) is 0 Å². The zero-order valence-corrected chi connectivity index (χ0v) is 17.6. The van der Waals surface area contributed by atoms with Crippen molar-refractivity contribution in [3.8, 4) is 17.2 Å². The number of thiazole rings is 1. The van der Waals surface area contributed by atoms with Crippen molar-refractivity contribution >= 4 is 44.2 Å². The standard InChI is InChI=1S/C21H21N3O5S/c1-27-14-6-4-5-13(8-14)24-11-12(7-19(24)25)20(26)23-21-22-15-9-16(28-2)17(29-3)10-18(15)30-21/h4-6,8-10,12H,7,11H2,1-3H3,(H,22,23,26). The first-order valence-electron chi connectivity index (χ1n) is 9.30. The molecule has 0 aliphatic carbocycles. The smallest absolute Gasteiger partial charge is 0.231 e. The van der Waals surface area contributed by atoms with E-state index in [-0.39, 0.29) is 18.2 Å². The largest absolute Gasteiger partial charge is 0.497 e. The maximum absolute atomic E-state index is 12.8. The van der Waals surface area contributed by atoms with Crippen LogP contribution in [0, 0.1) is 5.92 Å². The van der Waals surface area contributed by atoms with Crippen LogP contribution in [-0.2, 0) is 9.59 Å².